The van der Waals surface area contributed by atoms with Gasteiger partial charge in [-0.3, -0.25) is 4.79 Å². The van der Waals surface area contributed by atoms with Gasteiger partial charge in [-0.15, -0.1) is 0 Å². The number of benzene rings is 1. The van der Waals surface area contributed by atoms with Gasteiger partial charge in [-0.05, 0) is 11.1 Å². The van der Waals surface area contributed by atoms with Crippen molar-refractivity contribution in [2.24, 2.45) is 5.73 Å². The topological polar surface area (TPSA) is 79.2 Å². The monoisotopic (exact) mass is 248 g/mol. The lowest BCUT2D eigenvalue weighted by Gasteiger charge is -2.23. The molecule has 1 amide bonds. The molecule has 0 aliphatic carbocycles. The molecule has 0 radical (unpaired) electrons. The summed E-state index contributed by atoms with van der Waals surface area (Å²) < 4.78 is 0. The third-order valence-corrected chi connectivity index (χ3v) is 3.08. The fraction of sp³-hybridized carbons (Fsp3) is 0.462. The number of amides is 1. The van der Waals surface area contributed by atoms with Crippen molar-refractivity contribution >= 4 is 5.91 Å². The van der Waals surface area contributed by atoms with E-state index in [0.29, 0.717) is 19.6 Å². The van der Waals surface area contributed by atoms with Gasteiger partial charge < -0.3 is 21.7 Å². The maximum atomic E-state index is 11.9. The van der Waals surface area contributed by atoms with Gasteiger partial charge in [0.05, 0.1) is 6.04 Å². The number of hydrogen-bond donors (Lipinski definition) is 4. The minimum Gasteiger partial charge on any atom is -0.351 e. The standard InChI is InChI=1S/C13H20N4O/c14-7-10-1-3-11(4-2-10)8-17-13(18)12-9-15-5-6-16-12/h1-4,12,15-16H,5-9,14H2,(H,17,18). The first kappa shape index (κ1) is 13.0. The van der Waals surface area contributed by atoms with Crippen LogP contribution in [0.2, 0.25) is 0 Å². The fourth-order valence-corrected chi connectivity index (χ4v) is 1.94. The van der Waals surface area contributed by atoms with Crippen molar-refractivity contribution in [1.82, 2.24) is 16.0 Å². The molecular formula is C13H20N4O. The van der Waals surface area contributed by atoms with Gasteiger partial charge in [0.25, 0.3) is 0 Å². The highest BCUT2D eigenvalue weighted by atomic mass is 16.2. The average molecular weight is 248 g/mol. The molecule has 18 heavy (non-hydrogen) atoms. The van der Waals surface area contributed by atoms with Gasteiger partial charge in [0.15, 0.2) is 0 Å². The molecule has 0 spiro atoms. The van der Waals surface area contributed by atoms with Crippen molar-refractivity contribution in [3.63, 3.8) is 0 Å². The SMILES string of the molecule is NCc1ccc(CNC(=O)C2CNCCN2)cc1. The predicted octanol–water partition coefficient (Wildman–Crippen LogP) is -0.677. The Morgan fingerprint density at radius 1 is 1.28 bits per heavy atom. The van der Waals surface area contributed by atoms with Crippen molar-refractivity contribution in [2.45, 2.75) is 19.1 Å². The molecular weight excluding hydrogens is 228 g/mol. The molecule has 5 heteroatoms. The number of nitrogens with two attached hydrogens (primary N) is 1. The van der Waals surface area contributed by atoms with E-state index >= 15 is 0 Å². The van der Waals surface area contributed by atoms with Crippen LogP contribution in [0.25, 0.3) is 0 Å². The zero-order valence-corrected chi connectivity index (χ0v) is 10.4. The minimum absolute atomic E-state index is 0.0464. The Labute approximate surface area is 107 Å². The van der Waals surface area contributed by atoms with Crippen LogP contribution in [0.1, 0.15) is 11.1 Å². The van der Waals surface area contributed by atoms with E-state index in [9.17, 15) is 4.79 Å². The van der Waals surface area contributed by atoms with Gasteiger partial charge in [-0.1, -0.05) is 24.3 Å². The number of carbonyl (C=O) groups is 1. The lowest BCUT2D eigenvalue weighted by molar-refractivity contribution is -0.123. The maximum absolute atomic E-state index is 11.9. The minimum atomic E-state index is -0.123. The summed E-state index contributed by atoms with van der Waals surface area (Å²) in [6, 6.07) is 7.84. The summed E-state index contributed by atoms with van der Waals surface area (Å²) in [5.41, 5.74) is 7.72. The summed E-state index contributed by atoms with van der Waals surface area (Å²) in [6.45, 7) is 3.55. The molecule has 1 heterocycles. The molecule has 1 atom stereocenters. The molecule has 1 unspecified atom stereocenters. The molecule has 1 saturated heterocycles. The molecule has 1 aromatic carbocycles. The van der Waals surface area contributed by atoms with Crippen LogP contribution < -0.4 is 21.7 Å². The highest BCUT2D eigenvalue weighted by molar-refractivity contribution is 5.82. The number of piperazine rings is 1. The van der Waals surface area contributed by atoms with Crippen molar-refractivity contribution in [2.75, 3.05) is 19.6 Å². The molecule has 2 rings (SSSR count). The molecule has 1 aliphatic heterocycles. The van der Waals surface area contributed by atoms with Gasteiger partial charge in [0, 0.05) is 32.7 Å². The summed E-state index contributed by atoms with van der Waals surface area (Å²) in [4.78, 5) is 11.9. The molecule has 1 fully saturated rings. The summed E-state index contributed by atoms with van der Waals surface area (Å²) in [5.74, 6) is 0.0464. The van der Waals surface area contributed by atoms with E-state index in [0.717, 1.165) is 24.2 Å². The van der Waals surface area contributed by atoms with Crippen LogP contribution in [0.4, 0.5) is 0 Å². The largest absolute Gasteiger partial charge is 0.351 e. The summed E-state index contributed by atoms with van der Waals surface area (Å²) in [6.07, 6.45) is 0. The molecule has 5 N–H and O–H groups in total. The van der Waals surface area contributed by atoms with E-state index in [1.54, 1.807) is 0 Å². The quantitative estimate of drug-likeness (QED) is 0.569. The van der Waals surface area contributed by atoms with Gasteiger partial charge >= 0.3 is 0 Å². The predicted molar refractivity (Wildman–Crippen MR) is 70.8 cm³/mol. The molecule has 0 aromatic heterocycles. The Balaban J connectivity index is 1.80. The first-order chi connectivity index (χ1) is 8.79. The second-order valence-corrected chi connectivity index (χ2v) is 4.45. The Bertz CT molecular complexity index is 384. The third kappa shape index (κ3) is 3.53. The van der Waals surface area contributed by atoms with Crippen molar-refractivity contribution < 1.29 is 4.79 Å². The zero-order valence-electron chi connectivity index (χ0n) is 10.4. The molecule has 1 aromatic rings. The molecule has 98 valence electrons. The lowest BCUT2D eigenvalue weighted by Crippen LogP contribution is -2.55. The van der Waals surface area contributed by atoms with Gasteiger partial charge in [0.2, 0.25) is 5.91 Å². The number of hydrogen-bond acceptors (Lipinski definition) is 4. The van der Waals surface area contributed by atoms with Crippen LogP contribution in [0.3, 0.4) is 0 Å². The van der Waals surface area contributed by atoms with E-state index < -0.39 is 0 Å². The lowest BCUT2D eigenvalue weighted by atomic mass is 10.1. The summed E-state index contributed by atoms with van der Waals surface area (Å²) in [7, 11) is 0. The van der Waals surface area contributed by atoms with E-state index in [1.807, 2.05) is 24.3 Å². The highest BCUT2D eigenvalue weighted by Gasteiger charge is 2.19. The van der Waals surface area contributed by atoms with E-state index in [1.165, 1.54) is 0 Å². The average Bonchev–Trinajstić information content (AvgIpc) is 2.46. The van der Waals surface area contributed by atoms with Crippen LogP contribution in [0.15, 0.2) is 24.3 Å². The maximum Gasteiger partial charge on any atom is 0.238 e. The second kappa shape index (κ2) is 6.49. The van der Waals surface area contributed by atoms with Gasteiger partial charge in [-0.2, -0.15) is 0 Å². The van der Waals surface area contributed by atoms with Crippen LogP contribution >= 0.6 is 0 Å². The van der Waals surface area contributed by atoms with Crippen molar-refractivity contribution in [3.05, 3.63) is 35.4 Å². The Morgan fingerprint density at radius 2 is 2.00 bits per heavy atom. The fourth-order valence-electron chi connectivity index (χ4n) is 1.94. The normalized spacial score (nSPS) is 19.5. The van der Waals surface area contributed by atoms with Gasteiger partial charge in [0.1, 0.15) is 0 Å². The first-order valence-corrected chi connectivity index (χ1v) is 6.29. The second-order valence-electron chi connectivity index (χ2n) is 4.45. The van der Waals surface area contributed by atoms with E-state index in [4.69, 9.17) is 5.73 Å². The van der Waals surface area contributed by atoms with Crippen LogP contribution in [0, 0.1) is 0 Å². The molecule has 5 nitrogen and oxygen atoms in total. The number of carbonyl (C=O) groups excluding carboxylic acids is 1. The first-order valence-electron chi connectivity index (χ1n) is 6.29. The summed E-state index contributed by atoms with van der Waals surface area (Å²) in [5, 5.41) is 9.31. The van der Waals surface area contributed by atoms with Crippen molar-refractivity contribution in [1.29, 1.82) is 0 Å². The summed E-state index contributed by atoms with van der Waals surface area (Å²) >= 11 is 0. The Morgan fingerprint density at radius 3 is 2.61 bits per heavy atom. The molecule has 1 aliphatic rings. The van der Waals surface area contributed by atoms with Crippen LogP contribution in [0.5, 0.6) is 0 Å². The molecule has 0 saturated carbocycles. The zero-order chi connectivity index (χ0) is 12.8. The Kier molecular flexibility index (Phi) is 4.69. The smallest absolute Gasteiger partial charge is 0.238 e. The highest BCUT2D eigenvalue weighted by Crippen LogP contribution is 2.03. The van der Waals surface area contributed by atoms with Crippen LogP contribution in [-0.4, -0.2) is 31.6 Å². The Hall–Kier alpha value is -1.43. The van der Waals surface area contributed by atoms with Crippen molar-refractivity contribution in [3.8, 4) is 0 Å². The molecule has 0 bridgehead atoms. The number of rotatable bonds is 4. The van der Waals surface area contributed by atoms with E-state index in [-0.39, 0.29) is 11.9 Å². The number of nitrogens with one attached hydrogen (secondary N) is 3. The van der Waals surface area contributed by atoms with Crippen LogP contribution in [-0.2, 0) is 17.9 Å². The van der Waals surface area contributed by atoms with Gasteiger partial charge in [-0.25, -0.2) is 0 Å². The third-order valence-electron chi connectivity index (χ3n) is 3.08. The van der Waals surface area contributed by atoms with E-state index in [2.05, 4.69) is 16.0 Å².